The van der Waals surface area contributed by atoms with E-state index in [0.29, 0.717) is 38.9 Å². The minimum Gasteiger partial charge on any atom is -0.472 e. The number of aromatic nitrogens is 2. The Morgan fingerprint density at radius 1 is 1.07 bits per heavy atom. The monoisotopic (exact) mass is 667 g/mol. The molecule has 0 aliphatic carbocycles. The molecule has 2 N–H and O–H groups in total. The second-order valence-corrected chi connectivity index (χ2v) is 10.9. The predicted octanol–water partition coefficient (Wildman–Crippen LogP) is 7.53. The van der Waals surface area contributed by atoms with Gasteiger partial charge in [0.25, 0.3) is 17.3 Å². The van der Waals surface area contributed by atoms with Crippen molar-refractivity contribution in [3.63, 3.8) is 0 Å². The first-order valence-corrected chi connectivity index (χ1v) is 15.0. The van der Waals surface area contributed by atoms with Crippen LogP contribution in [0.5, 0.6) is 0 Å². The van der Waals surface area contributed by atoms with Crippen LogP contribution in [-0.4, -0.2) is 69.6 Å². The van der Waals surface area contributed by atoms with Crippen molar-refractivity contribution in [3.05, 3.63) is 56.0 Å². The second-order valence-electron chi connectivity index (χ2n) is 8.06. The van der Waals surface area contributed by atoms with E-state index in [0.717, 1.165) is 12.0 Å². The highest BCUT2D eigenvalue weighted by Crippen LogP contribution is 2.56. The minimum absolute atomic E-state index is 0.0648. The van der Waals surface area contributed by atoms with Crippen LogP contribution in [0.2, 0.25) is 20.4 Å². The summed E-state index contributed by atoms with van der Waals surface area (Å²) in [6.45, 7) is 7.94. The van der Waals surface area contributed by atoms with Crippen LogP contribution in [0.25, 0.3) is 0 Å². The van der Waals surface area contributed by atoms with Crippen LogP contribution < -0.4 is 5.32 Å². The number of pyridine rings is 2. The summed E-state index contributed by atoms with van der Waals surface area (Å²) >= 11 is 18.0. The number of nitrogens with zero attached hydrogens (tertiary/aromatic N) is 4. The minimum atomic E-state index is -4.93. The van der Waals surface area contributed by atoms with Gasteiger partial charge >= 0.3 is 0 Å². The molecule has 0 fully saturated rings. The fourth-order valence-electron chi connectivity index (χ4n) is 2.85. The Kier molecular flexibility index (Phi) is 16.5. The SMILES string of the molecule is CCC(O)CNC(=O)c1cnc(Cl)c(Cl)c1.CCC1CN=C(c2cnc(Cl)c(Cl)c2)O1.CCN(CC)S(F)(F)F. The summed E-state index contributed by atoms with van der Waals surface area (Å²) in [6.07, 6.45) is 4.11. The summed E-state index contributed by atoms with van der Waals surface area (Å²) < 4.78 is 41.3. The van der Waals surface area contributed by atoms with Crippen molar-refractivity contribution >= 4 is 69.6 Å². The average molecular weight is 669 g/mol. The third-order valence-electron chi connectivity index (χ3n) is 5.24. The molecule has 16 heteroatoms. The van der Waals surface area contributed by atoms with Crippen molar-refractivity contribution in [3.8, 4) is 0 Å². The van der Waals surface area contributed by atoms with Gasteiger partial charge in [-0.2, -0.15) is 4.31 Å². The number of aliphatic hydroxyl groups is 1. The van der Waals surface area contributed by atoms with Crippen molar-refractivity contribution in [2.75, 3.05) is 26.2 Å². The second kappa shape index (κ2) is 18.1. The predicted molar refractivity (Wildman–Crippen MR) is 158 cm³/mol. The van der Waals surface area contributed by atoms with Crippen molar-refractivity contribution in [1.82, 2.24) is 19.6 Å². The first-order chi connectivity index (χ1) is 18.8. The smallest absolute Gasteiger partial charge is 0.278 e. The lowest BCUT2D eigenvalue weighted by molar-refractivity contribution is 0.0913. The molecular weight excluding hydrogens is 637 g/mol. The number of carbonyl (C=O) groups is 1. The number of halogens is 7. The molecule has 0 radical (unpaired) electrons. The first-order valence-electron chi connectivity index (χ1n) is 12.2. The zero-order valence-corrected chi connectivity index (χ0v) is 26.2. The lowest BCUT2D eigenvalue weighted by Crippen LogP contribution is -2.31. The van der Waals surface area contributed by atoms with Gasteiger partial charge in [-0.1, -0.05) is 74.1 Å². The van der Waals surface area contributed by atoms with Gasteiger partial charge in [0.2, 0.25) is 5.90 Å². The fraction of sp³-hybridized carbons (Fsp3) is 0.500. The Morgan fingerprint density at radius 2 is 1.65 bits per heavy atom. The van der Waals surface area contributed by atoms with Gasteiger partial charge in [-0.3, -0.25) is 4.79 Å². The number of nitrogens with one attached hydrogen (secondary N) is 1. The molecule has 1 aliphatic heterocycles. The Bertz CT molecular complexity index is 1130. The van der Waals surface area contributed by atoms with Crippen LogP contribution in [0.3, 0.4) is 0 Å². The van der Waals surface area contributed by atoms with Gasteiger partial charge < -0.3 is 15.2 Å². The summed E-state index contributed by atoms with van der Waals surface area (Å²) in [5.41, 5.74) is 1.10. The highest BCUT2D eigenvalue weighted by Gasteiger charge is 2.28. The number of hydrogen-bond acceptors (Lipinski definition) is 7. The Balaban J connectivity index is 0.000000313. The van der Waals surface area contributed by atoms with E-state index < -0.39 is 17.5 Å². The van der Waals surface area contributed by atoms with Crippen LogP contribution in [0.4, 0.5) is 11.7 Å². The maximum Gasteiger partial charge on any atom is 0.278 e. The summed E-state index contributed by atoms with van der Waals surface area (Å²) in [7, 11) is 0. The van der Waals surface area contributed by atoms with Crippen LogP contribution >= 0.6 is 57.8 Å². The molecule has 1 aliphatic rings. The van der Waals surface area contributed by atoms with Gasteiger partial charge in [-0.05, 0) is 25.0 Å². The third-order valence-corrected chi connectivity index (χ3v) is 7.72. The number of aliphatic imine (C=N–C) groups is 1. The lowest BCUT2D eigenvalue weighted by atomic mass is 10.2. The molecule has 1 amide bonds. The molecule has 8 nitrogen and oxygen atoms in total. The van der Waals surface area contributed by atoms with Gasteiger partial charge in [0.1, 0.15) is 16.4 Å². The van der Waals surface area contributed by atoms with E-state index in [9.17, 15) is 21.6 Å². The summed E-state index contributed by atoms with van der Waals surface area (Å²) in [4.78, 5) is 23.6. The van der Waals surface area contributed by atoms with Gasteiger partial charge in [-0.25, -0.2) is 15.0 Å². The van der Waals surface area contributed by atoms with Gasteiger partial charge in [0, 0.05) is 32.0 Å². The molecule has 0 saturated heterocycles. The van der Waals surface area contributed by atoms with Crippen LogP contribution in [-0.2, 0) is 4.74 Å². The lowest BCUT2D eigenvalue weighted by Gasteiger charge is -2.23. The standard InChI is InChI=1S/C10H12Cl2N2O2.C10H10Cl2N2O.C4H10F3NS/c1-2-7(15)5-14-10(16)6-3-8(11)9(12)13-4-6;1-2-7-5-14-10(15-7)6-3-8(11)9(12)13-4-6;1-3-8(4-2)9(5,6)7/h3-4,7,15H,2,5H2,1H3,(H,14,16);3-4,7H,2,5H2,1H3;3-4H2,1-2H3. The molecule has 40 heavy (non-hydrogen) atoms. The molecule has 3 rings (SSSR count). The maximum absolute atomic E-state index is 11.7. The van der Waals surface area contributed by atoms with Crippen molar-refractivity contribution in [2.45, 2.75) is 52.7 Å². The number of aliphatic hydroxyl groups excluding tert-OH is 1. The van der Waals surface area contributed by atoms with Crippen molar-refractivity contribution in [1.29, 1.82) is 0 Å². The Morgan fingerprint density at radius 3 is 2.08 bits per heavy atom. The average Bonchev–Trinajstić information content (AvgIpc) is 3.40. The third kappa shape index (κ3) is 12.5. The highest BCUT2D eigenvalue weighted by molar-refractivity contribution is 8.18. The highest BCUT2D eigenvalue weighted by atomic mass is 35.5. The van der Waals surface area contributed by atoms with E-state index in [1.54, 1.807) is 12.3 Å². The molecule has 2 unspecified atom stereocenters. The summed E-state index contributed by atoms with van der Waals surface area (Å²) in [6, 6.07) is 3.15. The van der Waals surface area contributed by atoms with E-state index in [1.165, 1.54) is 26.1 Å². The number of rotatable bonds is 9. The zero-order valence-electron chi connectivity index (χ0n) is 22.3. The molecule has 2 atom stereocenters. The zero-order chi connectivity index (χ0) is 30.5. The summed E-state index contributed by atoms with van der Waals surface area (Å²) in [5.74, 6) is 0.270. The van der Waals surface area contributed by atoms with E-state index >= 15 is 0 Å². The van der Waals surface area contributed by atoms with Gasteiger partial charge in [0.05, 0.1) is 33.8 Å². The molecule has 0 bridgehead atoms. The van der Waals surface area contributed by atoms with Crippen molar-refractivity contribution < 1.29 is 26.3 Å². The Labute approximate surface area is 254 Å². The fourth-order valence-corrected chi connectivity index (χ4v) is 3.97. The number of hydrogen-bond donors (Lipinski definition) is 2. The summed E-state index contributed by atoms with van der Waals surface area (Å²) in [5, 5.41) is 12.9. The molecule has 2 aromatic rings. The molecule has 0 aromatic carbocycles. The quantitative estimate of drug-likeness (QED) is 0.268. The first kappa shape index (κ1) is 36.5. The normalized spacial score (nSPS) is 15.6. The Hall–Kier alpha value is -1.54. The molecule has 3 heterocycles. The molecule has 2 aromatic heterocycles. The molecular formula is C24H32Cl4F3N5O3S. The largest absolute Gasteiger partial charge is 0.472 e. The number of amides is 1. The van der Waals surface area contributed by atoms with Gasteiger partial charge in [0.15, 0.2) is 0 Å². The van der Waals surface area contributed by atoms with Gasteiger partial charge in [-0.15, -0.1) is 11.7 Å². The van der Waals surface area contributed by atoms with E-state index in [-0.39, 0.29) is 41.8 Å². The molecule has 0 spiro atoms. The maximum atomic E-state index is 11.7. The van der Waals surface area contributed by atoms with Crippen LogP contribution in [0.1, 0.15) is 56.5 Å². The van der Waals surface area contributed by atoms with Crippen LogP contribution in [0, 0.1) is 0 Å². The number of ether oxygens (including phenoxy) is 1. The topological polar surface area (TPSA) is 99.9 Å². The molecule has 226 valence electrons. The van der Waals surface area contributed by atoms with E-state index in [1.807, 2.05) is 6.92 Å². The van der Waals surface area contributed by atoms with E-state index in [2.05, 4.69) is 27.2 Å². The van der Waals surface area contributed by atoms with Crippen LogP contribution in [0.15, 0.2) is 29.5 Å². The van der Waals surface area contributed by atoms with E-state index in [4.69, 9.17) is 51.1 Å². The molecule has 0 saturated carbocycles. The van der Waals surface area contributed by atoms with Crippen molar-refractivity contribution in [2.24, 2.45) is 4.99 Å². The number of carbonyl (C=O) groups excluding carboxylic acids is 1.